The molecule has 3 unspecified atom stereocenters. The number of carbonyl (C=O) groups excluding carboxylic acids is 2. The lowest BCUT2D eigenvalue weighted by atomic mass is 10.0. The summed E-state index contributed by atoms with van der Waals surface area (Å²) in [5.41, 5.74) is 0. The number of aliphatic hydroxyl groups excluding tert-OH is 2. The third-order valence-corrected chi connectivity index (χ3v) is 10.6. The van der Waals surface area contributed by atoms with Crippen LogP contribution in [0.1, 0.15) is 201 Å². The number of aliphatic hydroxyl groups is 2. The molecule has 0 radical (unpaired) electrons. The van der Waals surface area contributed by atoms with Crippen LogP contribution in [0.25, 0.3) is 0 Å². The fraction of sp³-hybridized carbons (Fsp3) is 0.614. The molecule has 0 saturated carbocycles. The van der Waals surface area contributed by atoms with Gasteiger partial charge in [-0.3, -0.25) is 9.59 Å². The van der Waals surface area contributed by atoms with E-state index in [9.17, 15) is 19.8 Å². The topological polar surface area (TPSA) is 95.9 Å². The highest BCUT2D eigenvalue weighted by atomic mass is 16.5. The van der Waals surface area contributed by atoms with Gasteiger partial charge in [-0.2, -0.15) is 0 Å². The first-order valence-corrected chi connectivity index (χ1v) is 25.3. The van der Waals surface area contributed by atoms with Crippen LogP contribution in [0.5, 0.6) is 0 Å². The lowest BCUT2D eigenvalue weighted by Gasteiger charge is -2.24. The second kappa shape index (κ2) is 49.3. The molecular formula is C57H93NO5. The van der Waals surface area contributed by atoms with Crippen LogP contribution in [-0.4, -0.2) is 46.9 Å². The van der Waals surface area contributed by atoms with Crippen molar-refractivity contribution in [2.24, 2.45) is 0 Å². The highest BCUT2D eigenvalue weighted by molar-refractivity contribution is 5.77. The van der Waals surface area contributed by atoms with Crippen LogP contribution in [0.4, 0.5) is 0 Å². The molecule has 1 amide bonds. The van der Waals surface area contributed by atoms with Crippen molar-refractivity contribution < 1.29 is 24.5 Å². The SMILES string of the molecule is CC/C=C\C/C=C\C/C=C\C/C=C\C/C=C\CCCC(CC(=O)NC(CO)C(O)CCCCCCCCCCC)OC(=O)CCCCCCC/C=C/C=C/C=C/C=C/C=C/CCC. The van der Waals surface area contributed by atoms with Crippen LogP contribution in [-0.2, 0) is 14.3 Å². The molecule has 0 rings (SSSR count). The molecule has 63 heavy (non-hydrogen) atoms. The van der Waals surface area contributed by atoms with Gasteiger partial charge in [-0.1, -0.05) is 226 Å². The monoisotopic (exact) mass is 872 g/mol. The van der Waals surface area contributed by atoms with E-state index in [4.69, 9.17) is 4.74 Å². The minimum absolute atomic E-state index is 0.0193. The minimum atomic E-state index is -0.814. The average Bonchev–Trinajstić information content (AvgIpc) is 3.28. The van der Waals surface area contributed by atoms with Crippen molar-refractivity contribution in [3.63, 3.8) is 0 Å². The number of unbranched alkanes of at least 4 members (excludes halogenated alkanes) is 15. The van der Waals surface area contributed by atoms with Crippen molar-refractivity contribution in [3.05, 3.63) is 122 Å². The Balaban J connectivity index is 4.78. The maximum Gasteiger partial charge on any atom is 0.306 e. The van der Waals surface area contributed by atoms with Crippen LogP contribution in [0.3, 0.4) is 0 Å². The molecule has 0 aliphatic carbocycles. The predicted molar refractivity (Wildman–Crippen MR) is 273 cm³/mol. The number of hydrogen-bond donors (Lipinski definition) is 3. The van der Waals surface area contributed by atoms with E-state index in [1.54, 1.807) is 0 Å². The lowest BCUT2D eigenvalue weighted by Crippen LogP contribution is -2.46. The standard InChI is InChI=1S/C57H93NO5/c1-4-7-10-13-16-19-21-23-25-27-29-31-33-35-38-41-44-47-50-57(62)63-53(48-45-42-39-37-34-32-30-28-26-24-22-20-17-14-11-8-5-2)51-56(61)58-54(52-59)55(60)49-46-43-40-36-18-15-12-9-6-3/h8,10-11,13,16-17,19-21,23-27,29-32,37,39,53-55,59-60H,4-7,9,12,14-15,18,22,28,33-36,38,40-52H2,1-3H3,(H,58,61)/b11-8-,13-10+,19-16+,20-17-,23-21+,26-24-,27-25+,31-29+,32-30-,39-37-. The third-order valence-electron chi connectivity index (χ3n) is 10.6. The Morgan fingerprint density at radius 1 is 0.492 bits per heavy atom. The first-order chi connectivity index (χ1) is 31.0. The summed E-state index contributed by atoms with van der Waals surface area (Å²) in [4.78, 5) is 26.1. The van der Waals surface area contributed by atoms with Gasteiger partial charge in [0, 0.05) is 6.42 Å². The maximum absolute atomic E-state index is 13.2. The van der Waals surface area contributed by atoms with Crippen LogP contribution in [0.2, 0.25) is 0 Å². The van der Waals surface area contributed by atoms with Crippen LogP contribution in [0.15, 0.2) is 122 Å². The van der Waals surface area contributed by atoms with E-state index in [-0.39, 0.29) is 24.9 Å². The molecule has 0 aromatic carbocycles. The zero-order chi connectivity index (χ0) is 45.9. The summed E-state index contributed by atoms with van der Waals surface area (Å²) in [5, 5.41) is 23.7. The van der Waals surface area contributed by atoms with E-state index < -0.39 is 18.2 Å². The van der Waals surface area contributed by atoms with Crippen molar-refractivity contribution in [1.82, 2.24) is 5.32 Å². The number of nitrogens with one attached hydrogen (secondary N) is 1. The van der Waals surface area contributed by atoms with Gasteiger partial charge in [-0.05, 0) is 83.5 Å². The van der Waals surface area contributed by atoms with Crippen molar-refractivity contribution in [1.29, 1.82) is 0 Å². The number of ether oxygens (including phenoxy) is 1. The summed E-state index contributed by atoms with van der Waals surface area (Å²) < 4.78 is 5.89. The summed E-state index contributed by atoms with van der Waals surface area (Å²) >= 11 is 0. The van der Waals surface area contributed by atoms with E-state index in [1.807, 2.05) is 24.3 Å². The van der Waals surface area contributed by atoms with E-state index in [2.05, 4.69) is 123 Å². The smallest absolute Gasteiger partial charge is 0.306 e. The molecule has 6 heteroatoms. The summed E-state index contributed by atoms with van der Waals surface area (Å²) in [6, 6.07) is -0.733. The Morgan fingerprint density at radius 2 is 0.968 bits per heavy atom. The Kier molecular flexibility index (Phi) is 46.4. The van der Waals surface area contributed by atoms with Gasteiger partial charge >= 0.3 is 5.97 Å². The van der Waals surface area contributed by atoms with Crippen LogP contribution >= 0.6 is 0 Å². The van der Waals surface area contributed by atoms with Crippen LogP contribution in [0, 0.1) is 0 Å². The molecule has 0 heterocycles. The number of carbonyl (C=O) groups is 2. The Morgan fingerprint density at radius 3 is 1.52 bits per heavy atom. The van der Waals surface area contributed by atoms with Gasteiger partial charge in [0.05, 0.1) is 25.2 Å². The average molecular weight is 872 g/mol. The van der Waals surface area contributed by atoms with E-state index >= 15 is 0 Å². The van der Waals surface area contributed by atoms with Gasteiger partial charge in [0.15, 0.2) is 0 Å². The molecule has 0 aliphatic heterocycles. The highest BCUT2D eigenvalue weighted by Crippen LogP contribution is 2.16. The molecule has 0 bridgehead atoms. The zero-order valence-corrected chi connectivity index (χ0v) is 40.4. The fourth-order valence-electron chi connectivity index (χ4n) is 6.84. The number of allylic oxidation sites excluding steroid dienone is 20. The van der Waals surface area contributed by atoms with E-state index in [1.165, 1.54) is 44.9 Å². The molecule has 0 aromatic heterocycles. The summed E-state index contributed by atoms with van der Waals surface area (Å²) in [7, 11) is 0. The number of hydrogen-bond acceptors (Lipinski definition) is 5. The van der Waals surface area contributed by atoms with E-state index in [0.29, 0.717) is 19.3 Å². The molecule has 356 valence electrons. The molecular weight excluding hydrogens is 779 g/mol. The number of esters is 1. The maximum atomic E-state index is 13.2. The minimum Gasteiger partial charge on any atom is -0.462 e. The number of amides is 1. The van der Waals surface area contributed by atoms with Crippen molar-refractivity contribution in [2.75, 3.05) is 6.61 Å². The van der Waals surface area contributed by atoms with Crippen LogP contribution < -0.4 is 5.32 Å². The summed E-state index contributed by atoms with van der Waals surface area (Å²) in [6.45, 7) is 6.22. The van der Waals surface area contributed by atoms with Gasteiger partial charge in [-0.15, -0.1) is 0 Å². The quantitative estimate of drug-likeness (QED) is 0.0245. The molecule has 3 N–H and O–H groups in total. The second-order valence-corrected chi connectivity index (χ2v) is 16.6. The normalized spacial score (nSPS) is 14.3. The molecule has 3 atom stereocenters. The second-order valence-electron chi connectivity index (χ2n) is 16.6. The van der Waals surface area contributed by atoms with Crippen molar-refractivity contribution in [3.8, 4) is 0 Å². The first kappa shape index (κ1) is 59.3. The van der Waals surface area contributed by atoms with E-state index in [0.717, 1.165) is 109 Å². The molecule has 6 nitrogen and oxygen atoms in total. The molecule has 0 aromatic rings. The Labute approximate surface area is 387 Å². The lowest BCUT2D eigenvalue weighted by molar-refractivity contribution is -0.151. The van der Waals surface area contributed by atoms with Gasteiger partial charge in [0.2, 0.25) is 5.91 Å². The Bertz CT molecular complexity index is 1350. The Hall–Kier alpha value is -3.74. The molecule has 0 fully saturated rings. The van der Waals surface area contributed by atoms with Gasteiger partial charge in [-0.25, -0.2) is 0 Å². The first-order valence-electron chi connectivity index (χ1n) is 25.3. The summed E-state index contributed by atoms with van der Waals surface area (Å²) in [5.74, 6) is -0.573. The van der Waals surface area contributed by atoms with Gasteiger partial charge < -0.3 is 20.3 Å². The van der Waals surface area contributed by atoms with Gasteiger partial charge in [0.1, 0.15) is 6.10 Å². The molecule has 0 aliphatic rings. The zero-order valence-electron chi connectivity index (χ0n) is 40.4. The van der Waals surface area contributed by atoms with Crippen molar-refractivity contribution in [2.45, 2.75) is 219 Å². The largest absolute Gasteiger partial charge is 0.462 e. The fourth-order valence-corrected chi connectivity index (χ4v) is 6.84. The molecule has 0 saturated heterocycles. The van der Waals surface area contributed by atoms with Crippen molar-refractivity contribution >= 4 is 11.9 Å². The summed E-state index contributed by atoms with van der Waals surface area (Å²) in [6.07, 6.45) is 68.3. The van der Waals surface area contributed by atoms with Gasteiger partial charge in [0.25, 0.3) is 0 Å². The highest BCUT2D eigenvalue weighted by Gasteiger charge is 2.24. The predicted octanol–water partition coefficient (Wildman–Crippen LogP) is 15.3. The third kappa shape index (κ3) is 44.7. The molecule has 0 spiro atoms. The number of rotatable bonds is 43.